The van der Waals surface area contributed by atoms with Gasteiger partial charge in [0, 0.05) is 5.69 Å². The normalized spacial score (nSPS) is 16.2. The van der Waals surface area contributed by atoms with E-state index < -0.39 is 27.9 Å². The van der Waals surface area contributed by atoms with E-state index in [2.05, 4.69) is 5.32 Å². The molecule has 0 saturated carbocycles. The Kier molecular flexibility index (Phi) is 4.22. The number of hydrogen-bond donors (Lipinski definition) is 1. The Morgan fingerprint density at radius 3 is 2.36 bits per heavy atom. The van der Waals surface area contributed by atoms with Crippen molar-refractivity contribution >= 4 is 27.5 Å². The van der Waals surface area contributed by atoms with Crippen molar-refractivity contribution < 1.29 is 22.7 Å². The van der Waals surface area contributed by atoms with E-state index in [-0.39, 0.29) is 10.5 Å². The van der Waals surface area contributed by atoms with Crippen molar-refractivity contribution in [2.24, 2.45) is 0 Å². The molecule has 0 fully saturated rings. The summed E-state index contributed by atoms with van der Waals surface area (Å²) < 4.78 is 30.8. The van der Waals surface area contributed by atoms with E-state index in [1.807, 2.05) is 0 Å². The predicted octanol–water partition coefficient (Wildman–Crippen LogP) is 1.87. The molecule has 0 aliphatic carbocycles. The number of benzene rings is 2. The Morgan fingerprint density at radius 2 is 1.76 bits per heavy atom. The first kappa shape index (κ1) is 17.0. The van der Waals surface area contributed by atoms with Crippen LogP contribution >= 0.6 is 0 Å². The van der Waals surface area contributed by atoms with Gasteiger partial charge in [-0.05, 0) is 43.3 Å². The summed E-state index contributed by atoms with van der Waals surface area (Å²) in [5.74, 6) is -0.679. The molecule has 1 N–H and O–H groups in total. The number of anilines is 1. The second-order valence-corrected chi connectivity index (χ2v) is 7.28. The van der Waals surface area contributed by atoms with Crippen LogP contribution in [0.1, 0.15) is 17.3 Å². The number of methoxy groups -OCH3 is 1. The van der Waals surface area contributed by atoms with E-state index in [1.165, 1.54) is 32.2 Å². The molecule has 0 aromatic heterocycles. The molecular weight excluding hydrogens is 344 g/mol. The molecule has 1 aliphatic rings. The van der Waals surface area contributed by atoms with Gasteiger partial charge in [-0.1, -0.05) is 12.1 Å². The van der Waals surface area contributed by atoms with Crippen LogP contribution in [0.5, 0.6) is 5.75 Å². The standard InChI is InChI=1S/C17H16N2O5S/c1-11(16(20)18-12-7-9-13(24-2)10-8-12)19-17(21)14-5-3-4-6-15(14)25(19,22)23/h3-11H,1-2H3,(H,18,20). The maximum Gasteiger partial charge on any atom is 0.269 e. The van der Waals surface area contributed by atoms with E-state index in [4.69, 9.17) is 4.74 Å². The highest BCUT2D eigenvalue weighted by molar-refractivity contribution is 7.90. The molecule has 1 unspecified atom stereocenters. The van der Waals surface area contributed by atoms with Crippen LogP contribution in [-0.2, 0) is 14.8 Å². The van der Waals surface area contributed by atoms with Gasteiger partial charge in [0.1, 0.15) is 16.7 Å². The Bertz CT molecular complexity index is 938. The molecule has 2 aromatic rings. The Balaban J connectivity index is 1.84. The van der Waals surface area contributed by atoms with Gasteiger partial charge in [0.2, 0.25) is 5.91 Å². The van der Waals surface area contributed by atoms with Crippen molar-refractivity contribution in [1.29, 1.82) is 0 Å². The number of hydrogen-bond acceptors (Lipinski definition) is 5. The van der Waals surface area contributed by atoms with Crippen LogP contribution in [0.4, 0.5) is 5.69 Å². The summed E-state index contributed by atoms with van der Waals surface area (Å²) in [7, 11) is -2.51. The number of nitrogens with one attached hydrogen (secondary N) is 1. The number of nitrogens with zero attached hydrogens (tertiary/aromatic N) is 1. The molecule has 1 heterocycles. The average molecular weight is 360 g/mol. The van der Waals surface area contributed by atoms with Crippen LogP contribution in [0.25, 0.3) is 0 Å². The Morgan fingerprint density at radius 1 is 1.12 bits per heavy atom. The van der Waals surface area contributed by atoms with E-state index >= 15 is 0 Å². The molecule has 130 valence electrons. The molecule has 25 heavy (non-hydrogen) atoms. The lowest BCUT2D eigenvalue weighted by Crippen LogP contribution is -2.45. The van der Waals surface area contributed by atoms with Crippen LogP contribution in [0.3, 0.4) is 0 Å². The van der Waals surface area contributed by atoms with Crippen molar-refractivity contribution in [1.82, 2.24) is 4.31 Å². The molecule has 0 bridgehead atoms. The zero-order chi connectivity index (χ0) is 18.2. The minimum absolute atomic E-state index is 0.0756. The molecule has 0 radical (unpaired) electrons. The summed E-state index contributed by atoms with van der Waals surface area (Å²) >= 11 is 0. The minimum Gasteiger partial charge on any atom is -0.497 e. The number of sulfonamides is 1. The van der Waals surface area contributed by atoms with Crippen molar-refractivity contribution in [3.63, 3.8) is 0 Å². The number of fused-ring (bicyclic) bond motifs is 1. The first-order chi connectivity index (χ1) is 11.9. The molecule has 0 spiro atoms. The lowest BCUT2D eigenvalue weighted by atomic mass is 10.2. The van der Waals surface area contributed by atoms with Gasteiger partial charge < -0.3 is 10.1 Å². The third kappa shape index (κ3) is 2.85. The second-order valence-electron chi connectivity index (χ2n) is 5.50. The van der Waals surface area contributed by atoms with Crippen LogP contribution in [0.2, 0.25) is 0 Å². The average Bonchev–Trinajstić information content (AvgIpc) is 2.81. The summed E-state index contributed by atoms with van der Waals surface area (Å²) in [6.07, 6.45) is 0. The fourth-order valence-corrected chi connectivity index (χ4v) is 4.34. The van der Waals surface area contributed by atoms with Crippen molar-refractivity contribution in [2.75, 3.05) is 12.4 Å². The van der Waals surface area contributed by atoms with Gasteiger partial charge in [0.05, 0.1) is 12.7 Å². The number of rotatable bonds is 4. The third-order valence-corrected chi connectivity index (χ3v) is 5.86. The zero-order valence-electron chi connectivity index (χ0n) is 13.6. The van der Waals surface area contributed by atoms with E-state index in [0.29, 0.717) is 15.7 Å². The highest BCUT2D eigenvalue weighted by Crippen LogP contribution is 2.31. The summed E-state index contributed by atoms with van der Waals surface area (Å²) in [6.45, 7) is 1.38. The molecule has 0 saturated heterocycles. The van der Waals surface area contributed by atoms with Crippen LogP contribution in [0.15, 0.2) is 53.4 Å². The molecule has 8 heteroatoms. The van der Waals surface area contributed by atoms with Crippen molar-refractivity contribution in [2.45, 2.75) is 17.9 Å². The highest BCUT2D eigenvalue weighted by atomic mass is 32.2. The monoisotopic (exact) mass is 360 g/mol. The minimum atomic E-state index is -4.04. The fraction of sp³-hybridized carbons (Fsp3) is 0.176. The van der Waals surface area contributed by atoms with Gasteiger partial charge >= 0.3 is 0 Å². The quantitative estimate of drug-likeness (QED) is 0.898. The number of carbonyl (C=O) groups excluding carboxylic acids is 2. The molecule has 1 aliphatic heterocycles. The molecule has 1 atom stereocenters. The Labute approximate surface area is 145 Å². The van der Waals surface area contributed by atoms with Gasteiger partial charge in [-0.2, -0.15) is 0 Å². The van der Waals surface area contributed by atoms with Crippen molar-refractivity contribution in [3.8, 4) is 5.75 Å². The lowest BCUT2D eigenvalue weighted by Gasteiger charge is -2.22. The van der Waals surface area contributed by atoms with E-state index in [1.54, 1.807) is 30.3 Å². The number of amides is 2. The van der Waals surface area contributed by atoms with Crippen LogP contribution in [-0.4, -0.2) is 37.7 Å². The first-order valence-electron chi connectivity index (χ1n) is 7.49. The number of carbonyl (C=O) groups is 2. The first-order valence-corrected chi connectivity index (χ1v) is 8.93. The van der Waals surface area contributed by atoms with Gasteiger partial charge in [0.15, 0.2) is 0 Å². The predicted molar refractivity (Wildman–Crippen MR) is 90.9 cm³/mol. The topological polar surface area (TPSA) is 92.8 Å². The van der Waals surface area contributed by atoms with Gasteiger partial charge in [-0.3, -0.25) is 9.59 Å². The van der Waals surface area contributed by atoms with E-state index in [0.717, 1.165) is 0 Å². The molecule has 3 rings (SSSR count). The molecule has 2 aromatic carbocycles. The Hall–Kier alpha value is -2.87. The molecular formula is C17H16N2O5S. The summed E-state index contributed by atoms with van der Waals surface area (Å²) in [5.41, 5.74) is 0.547. The largest absolute Gasteiger partial charge is 0.497 e. The number of ether oxygens (including phenoxy) is 1. The zero-order valence-corrected chi connectivity index (χ0v) is 14.4. The second kappa shape index (κ2) is 6.21. The highest BCUT2D eigenvalue weighted by Gasteiger charge is 2.45. The smallest absolute Gasteiger partial charge is 0.269 e. The maximum absolute atomic E-state index is 12.6. The summed E-state index contributed by atoms with van der Waals surface area (Å²) in [5, 5.41) is 2.60. The van der Waals surface area contributed by atoms with Crippen LogP contribution < -0.4 is 10.1 Å². The van der Waals surface area contributed by atoms with Gasteiger partial charge in [-0.25, -0.2) is 12.7 Å². The third-order valence-electron chi connectivity index (χ3n) is 3.94. The van der Waals surface area contributed by atoms with Crippen LogP contribution in [0, 0.1) is 0 Å². The van der Waals surface area contributed by atoms with Gasteiger partial charge in [-0.15, -0.1) is 0 Å². The SMILES string of the molecule is COc1ccc(NC(=O)C(C)N2C(=O)c3ccccc3S2(=O)=O)cc1. The van der Waals surface area contributed by atoms with E-state index in [9.17, 15) is 18.0 Å². The summed E-state index contributed by atoms with van der Waals surface area (Å²) in [6, 6.07) is 11.3. The molecule has 2 amide bonds. The maximum atomic E-state index is 12.6. The van der Waals surface area contributed by atoms with Gasteiger partial charge in [0.25, 0.3) is 15.9 Å². The lowest BCUT2D eigenvalue weighted by molar-refractivity contribution is -0.118. The fourth-order valence-electron chi connectivity index (χ4n) is 2.61. The molecule has 7 nitrogen and oxygen atoms in total. The summed E-state index contributed by atoms with van der Waals surface area (Å²) in [4.78, 5) is 24.8. The van der Waals surface area contributed by atoms with Crippen molar-refractivity contribution in [3.05, 3.63) is 54.1 Å².